The minimum atomic E-state index is -0.191. The van der Waals surface area contributed by atoms with E-state index in [0.717, 1.165) is 32.5 Å². The van der Waals surface area contributed by atoms with Gasteiger partial charge in [-0.05, 0) is 79.3 Å². The van der Waals surface area contributed by atoms with Crippen LogP contribution in [-0.2, 0) is 9.47 Å². The molecule has 0 aromatic carbocycles. The zero-order valence-electron chi connectivity index (χ0n) is 18.7. The van der Waals surface area contributed by atoms with E-state index in [4.69, 9.17) is 9.47 Å². The predicted molar refractivity (Wildman–Crippen MR) is 111 cm³/mol. The van der Waals surface area contributed by atoms with E-state index in [-0.39, 0.29) is 11.3 Å². The Morgan fingerprint density at radius 3 is 2.11 bits per heavy atom. The molecule has 0 aromatic rings. The second kappa shape index (κ2) is 8.27. The summed E-state index contributed by atoms with van der Waals surface area (Å²) in [5.74, 6) is 0. The van der Waals surface area contributed by atoms with E-state index in [9.17, 15) is 0 Å². The molecule has 0 saturated carbocycles. The quantitative estimate of drug-likeness (QED) is 0.660. The molecule has 3 aliphatic rings. The van der Waals surface area contributed by atoms with E-state index < -0.39 is 0 Å². The zero-order valence-corrected chi connectivity index (χ0v) is 18.7. The van der Waals surface area contributed by atoms with Gasteiger partial charge in [0, 0.05) is 38.3 Å². The Labute approximate surface area is 167 Å². The number of likely N-dealkylation sites (tertiary alicyclic amines) is 3. The van der Waals surface area contributed by atoms with E-state index in [1.54, 1.807) is 0 Å². The molecule has 3 heterocycles. The van der Waals surface area contributed by atoms with Crippen molar-refractivity contribution in [3.05, 3.63) is 0 Å². The van der Waals surface area contributed by atoms with Crippen molar-refractivity contribution >= 4 is 0 Å². The number of hydrogen-bond donors (Lipinski definition) is 0. The Bertz CT molecular complexity index is 482. The van der Waals surface area contributed by atoms with Crippen molar-refractivity contribution in [3.8, 4) is 0 Å². The highest BCUT2D eigenvalue weighted by Crippen LogP contribution is 2.41. The van der Waals surface area contributed by atoms with E-state index in [1.807, 2.05) is 0 Å². The van der Waals surface area contributed by atoms with Crippen molar-refractivity contribution in [3.63, 3.8) is 0 Å². The highest BCUT2D eigenvalue weighted by atomic mass is 16.5. The molecule has 3 saturated heterocycles. The summed E-state index contributed by atoms with van der Waals surface area (Å²) in [6.07, 6.45) is 5.34. The molecule has 0 aliphatic carbocycles. The largest absolute Gasteiger partial charge is 0.376 e. The third-order valence-electron chi connectivity index (χ3n) is 7.11. The summed E-state index contributed by atoms with van der Waals surface area (Å²) in [7, 11) is 2.25. The summed E-state index contributed by atoms with van der Waals surface area (Å²) in [4.78, 5) is 7.60. The monoisotopic (exact) mass is 381 g/mol. The van der Waals surface area contributed by atoms with Crippen LogP contribution in [0.2, 0.25) is 0 Å². The summed E-state index contributed by atoms with van der Waals surface area (Å²) in [5.41, 5.74) is 0.593. The van der Waals surface area contributed by atoms with Gasteiger partial charge in [-0.2, -0.15) is 0 Å². The van der Waals surface area contributed by atoms with Gasteiger partial charge in [0.25, 0.3) is 0 Å². The molecule has 0 N–H and O–H groups in total. The van der Waals surface area contributed by atoms with Gasteiger partial charge in [-0.15, -0.1) is 0 Å². The molecule has 0 bridgehead atoms. The standard InChI is InChI=1S/C22H43N3O2/c1-20(2,3)24-11-7-19(8-12-24)26-15-16-27-21(4,5)25-14-10-22(18-25)9-13-23(6)17-22/h19H,7-18H2,1-6H3. The summed E-state index contributed by atoms with van der Waals surface area (Å²) in [6.45, 7) is 19.9. The molecule has 3 aliphatic heterocycles. The maximum absolute atomic E-state index is 6.29. The van der Waals surface area contributed by atoms with Gasteiger partial charge in [-0.3, -0.25) is 9.80 Å². The molecule has 27 heavy (non-hydrogen) atoms. The van der Waals surface area contributed by atoms with Gasteiger partial charge >= 0.3 is 0 Å². The lowest BCUT2D eigenvalue weighted by Gasteiger charge is -2.41. The number of nitrogens with zero attached hydrogens (tertiary/aromatic N) is 3. The average molecular weight is 382 g/mol. The number of rotatable bonds is 6. The van der Waals surface area contributed by atoms with Gasteiger partial charge in [0.05, 0.1) is 19.3 Å². The van der Waals surface area contributed by atoms with Gasteiger partial charge in [0.1, 0.15) is 5.72 Å². The molecule has 158 valence electrons. The summed E-state index contributed by atoms with van der Waals surface area (Å²) in [6, 6.07) is 0. The van der Waals surface area contributed by atoms with Gasteiger partial charge in [-0.25, -0.2) is 0 Å². The molecule has 0 amide bonds. The lowest BCUT2D eigenvalue weighted by Crippen LogP contribution is -2.48. The Kier molecular flexibility index (Phi) is 6.59. The Balaban J connectivity index is 1.34. The maximum atomic E-state index is 6.29. The second-order valence-corrected chi connectivity index (χ2v) is 10.7. The SMILES string of the molecule is CN1CCC2(CCN(C(C)(C)OCCOC3CCN(C(C)(C)C)CC3)C2)C1. The lowest BCUT2D eigenvalue weighted by atomic mass is 9.86. The Morgan fingerprint density at radius 1 is 0.852 bits per heavy atom. The van der Waals surface area contributed by atoms with E-state index >= 15 is 0 Å². The highest BCUT2D eigenvalue weighted by Gasteiger charge is 2.46. The minimum absolute atomic E-state index is 0.191. The van der Waals surface area contributed by atoms with Crippen LogP contribution in [0.3, 0.4) is 0 Å². The molecule has 5 heteroatoms. The molecule has 1 atom stereocenters. The smallest absolute Gasteiger partial charge is 0.116 e. The summed E-state index contributed by atoms with van der Waals surface area (Å²) < 4.78 is 12.4. The molecule has 1 spiro atoms. The van der Waals surface area contributed by atoms with E-state index in [2.05, 4.69) is 56.4 Å². The zero-order chi connectivity index (χ0) is 19.7. The first-order valence-corrected chi connectivity index (χ1v) is 11.0. The molecule has 0 radical (unpaired) electrons. The van der Waals surface area contributed by atoms with Gasteiger partial charge < -0.3 is 14.4 Å². The molecule has 3 rings (SSSR count). The minimum Gasteiger partial charge on any atom is -0.376 e. The number of hydrogen-bond acceptors (Lipinski definition) is 5. The fraction of sp³-hybridized carbons (Fsp3) is 1.00. The lowest BCUT2D eigenvalue weighted by molar-refractivity contribution is -0.143. The topological polar surface area (TPSA) is 28.2 Å². The van der Waals surface area contributed by atoms with Crippen LogP contribution in [-0.4, -0.2) is 91.6 Å². The fourth-order valence-electron chi connectivity index (χ4n) is 5.18. The van der Waals surface area contributed by atoms with Gasteiger partial charge in [-0.1, -0.05) is 0 Å². The van der Waals surface area contributed by atoms with Crippen LogP contribution < -0.4 is 0 Å². The van der Waals surface area contributed by atoms with Crippen LogP contribution in [0.4, 0.5) is 0 Å². The van der Waals surface area contributed by atoms with Crippen LogP contribution in [0.1, 0.15) is 60.3 Å². The Morgan fingerprint density at radius 2 is 1.52 bits per heavy atom. The van der Waals surface area contributed by atoms with Crippen molar-refractivity contribution in [2.75, 3.05) is 59.5 Å². The molecular weight excluding hydrogens is 338 g/mol. The third-order valence-corrected chi connectivity index (χ3v) is 7.11. The Hall–Kier alpha value is -0.200. The van der Waals surface area contributed by atoms with Gasteiger partial charge in [0.15, 0.2) is 0 Å². The number of piperidine rings is 1. The van der Waals surface area contributed by atoms with E-state index in [1.165, 1.54) is 32.5 Å². The van der Waals surface area contributed by atoms with E-state index in [0.29, 0.717) is 24.7 Å². The predicted octanol–water partition coefficient (Wildman–Crippen LogP) is 3.05. The van der Waals surface area contributed by atoms with Crippen molar-refractivity contribution in [1.82, 2.24) is 14.7 Å². The molecule has 0 aromatic heterocycles. The molecule has 3 fully saturated rings. The van der Waals surface area contributed by atoms with Crippen molar-refractivity contribution in [2.45, 2.75) is 77.7 Å². The van der Waals surface area contributed by atoms with Crippen LogP contribution in [0, 0.1) is 5.41 Å². The van der Waals surface area contributed by atoms with Crippen molar-refractivity contribution < 1.29 is 9.47 Å². The van der Waals surface area contributed by atoms with Crippen LogP contribution >= 0.6 is 0 Å². The van der Waals surface area contributed by atoms with Crippen molar-refractivity contribution in [2.24, 2.45) is 5.41 Å². The second-order valence-electron chi connectivity index (χ2n) is 10.7. The van der Waals surface area contributed by atoms with Gasteiger partial charge in [0.2, 0.25) is 0 Å². The first-order chi connectivity index (χ1) is 12.6. The first kappa shape index (κ1) is 21.5. The highest BCUT2D eigenvalue weighted by molar-refractivity contribution is 4.98. The third kappa shape index (κ3) is 5.45. The van der Waals surface area contributed by atoms with Crippen LogP contribution in [0.15, 0.2) is 0 Å². The molecule has 5 nitrogen and oxygen atoms in total. The van der Waals surface area contributed by atoms with Crippen molar-refractivity contribution in [1.29, 1.82) is 0 Å². The molecule has 1 unspecified atom stereocenters. The fourth-order valence-corrected chi connectivity index (χ4v) is 5.18. The first-order valence-electron chi connectivity index (χ1n) is 11.0. The van der Waals surface area contributed by atoms with Crippen LogP contribution in [0.25, 0.3) is 0 Å². The average Bonchev–Trinajstić information content (AvgIpc) is 3.18. The normalized spacial score (nSPS) is 30.0. The maximum Gasteiger partial charge on any atom is 0.116 e. The molecular formula is C22H43N3O2. The van der Waals surface area contributed by atoms with Crippen LogP contribution in [0.5, 0.6) is 0 Å². The number of ether oxygens (including phenoxy) is 2. The summed E-state index contributed by atoms with van der Waals surface area (Å²) in [5, 5.41) is 0. The summed E-state index contributed by atoms with van der Waals surface area (Å²) >= 11 is 0.